The Balaban J connectivity index is 1.49. The summed E-state index contributed by atoms with van der Waals surface area (Å²) in [4.78, 5) is 17.9. The third kappa shape index (κ3) is 4.45. The second kappa shape index (κ2) is 8.55. The Kier molecular flexibility index (Phi) is 5.57. The molecule has 0 spiro atoms. The van der Waals surface area contributed by atoms with Gasteiger partial charge in [-0.05, 0) is 39.0 Å². The highest BCUT2D eigenvalue weighted by Crippen LogP contribution is 2.36. The lowest BCUT2D eigenvalue weighted by Gasteiger charge is -2.32. The van der Waals surface area contributed by atoms with E-state index in [1.54, 1.807) is 12.1 Å². The molecule has 0 unspecified atom stereocenters. The number of hydrogen-bond acceptors (Lipinski definition) is 7. The lowest BCUT2D eigenvalue weighted by Crippen LogP contribution is -2.45. The summed E-state index contributed by atoms with van der Waals surface area (Å²) in [5.74, 6) is 0.518. The smallest absolute Gasteiger partial charge is 0.230 e. The highest BCUT2D eigenvalue weighted by molar-refractivity contribution is 6.05. The molecule has 9 heteroatoms. The average molecular weight is 453 g/mol. The van der Waals surface area contributed by atoms with Crippen molar-refractivity contribution in [3.05, 3.63) is 52.1 Å². The molecule has 1 aliphatic carbocycles. The van der Waals surface area contributed by atoms with Crippen LogP contribution in [0.2, 0.25) is 0 Å². The number of benzene rings is 1. The second-order valence-electron chi connectivity index (χ2n) is 8.83. The third-order valence-corrected chi connectivity index (χ3v) is 6.00. The van der Waals surface area contributed by atoms with Crippen molar-refractivity contribution in [2.24, 2.45) is 4.99 Å². The molecule has 1 N–H and O–H groups in total. The van der Waals surface area contributed by atoms with Crippen molar-refractivity contribution in [3.63, 3.8) is 0 Å². The van der Waals surface area contributed by atoms with Crippen LogP contribution in [0.1, 0.15) is 25.0 Å². The second-order valence-corrected chi connectivity index (χ2v) is 8.83. The van der Waals surface area contributed by atoms with Crippen molar-refractivity contribution >= 4 is 23.7 Å². The summed E-state index contributed by atoms with van der Waals surface area (Å²) >= 11 is 0. The van der Waals surface area contributed by atoms with Gasteiger partial charge >= 0.3 is 0 Å². The summed E-state index contributed by atoms with van der Waals surface area (Å²) in [6.07, 6.45) is 4.01. The quantitative estimate of drug-likeness (QED) is 0.756. The van der Waals surface area contributed by atoms with Crippen molar-refractivity contribution in [2.75, 3.05) is 50.0 Å². The fourth-order valence-electron chi connectivity index (χ4n) is 4.17. The highest BCUT2D eigenvalue weighted by atomic mass is 19.1. The number of ether oxygens (including phenoxy) is 1. The van der Waals surface area contributed by atoms with Gasteiger partial charge in [0.05, 0.1) is 6.54 Å². The number of rotatable bonds is 4. The van der Waals surface area contributed by atoms with Gasteiger partial charge in [0.2, 0.25) is 11.8 Å². The first-order chi connectivity index (χ1) is 15.9. The molecule has 0 atom stereocenters. The van der Waals surface area contributed by atoms with E-state index in [1.807, 2.05) is 19.9 Å². The van der Waals surface area contributed by atoms with Gasteiger partial charge < -0.3 is 19.9 Å². The molecule has 0 saturated carbocycles. The van der Waals surface area contributed by atoms with Gasteiger partial charge in [0.1, 0.15) is 17.5 Å². The molecule has 1 aromatic heterocycles. The van der Waals surface area contributed by atoms with Crippen LogP contribution in [0.25, 0.3) is 6.08 Å². The van der Waals surface area contributed by atoms with Crippen LogP contribution in [0.5, 0.6) is 11.6 Å². The van der Waals surface area contributed by atoms with E-state index in [0.29, 0.717) is 36.1 Å². The van der Waals surface area contributed by atoms with Crippen LogP contribution in [0, 0.1) is 11.6 Å². The normalized spacial score (nSPS) is 18.1. The number of allylic oxidation sites excluding steroid dienone is 1. The first-order valence-corrected chi connectivity index (χ1v) is 11.0. The van der Waals surface area contributed by atoms with Crippen LogP contribution < -0.4 is 15.0 Å². The Hall–Kier alpha value is -3.33. The number of likely N-dealkylation sites (N-methyl/N-ethyl adjacent to an activating group) is 1. The van der Waals surface area contributed by atoms with Crippen LogP contribution in [0.3, 0.4) is 0 Å². The van der Waals surface area contributed by atoms with Gasteiger partial charge in [-0.25, -0.2) is 8.78 Å². The van der Waals surface area contributed by atoms with E-state index in [2.05, 4.69) is 37.1 Å². The lowest BCUT2D eigenvalue weighted by atomic mass is 10.1. The molecule has 0 amide bonds. The minimum atomic E-state index is -0.587. The van der Waals surface area contributed by atoms with E-state index in [0.717, 1.165) is 43.4 Å². The molecule has 2 aliphatic heterocycles. The Bertz CT molecular complexity index is 1200. The number of anilines is 2. The number of nitrogens with one attached hydrogen (secondary N) is 1. The maximum absolute atomic E-state index is 15.1. The van der Waals surface area contributed by atoms with Gasteiger partial charge in [0, 0.05) is 49.4 Å². The highest BCUT2D eigenvalue weighted by Gasteiger charge is 2.24. The largest absolute Gasteiger partial charge is 0.436 e. The van der Waals surface area contributed by atoms with Crippen molar-refractivity contribution in [2.45, 2.75) is 20.3 Å². The molecule has 0 radical (unpaired) electrons. The summed E-state index contributed by atoms with van der Waals surface area (Å²) in [5, 5.41) is 3.19. The van der Waals surface area contributed by atoms with Crippen LogP contribution in [0.15, 0.2) is 34.3 Å². The first-order valence-electron chi connectivity index (χ1n) is 11.0. The average Bonchev–Trinajstić information content (AvgIpc) is 3.37. The summed E-state index contributed by atoms with van der Waals surface area (Å²) in [5.41, 5.74) is 2.66. The zero-order valence-electron chi connectivity index (χ0n) is 19.0. The van der Waals surface area contributed by atoms with Gasteiger partial charge in [0.15, 0.2) is 11.6 Å². The molecule has 7 nitrogen and oxygen atoms in total. The number of piperazine rings is 1. The maximum atomic E-state index is 15.1. The predicted octanol–water partition coefficient (Wildman–Crippen LogP) is 4.03. The molecule has 3 aliphatic rings. The number of amidine groups is 1. The van der Waals surface area contributed by atoms with Crippen molar-refractivity contribution < 1.29 is 13.5 Å². The van der Waals surface area contributed by atoms with E-state index in [-0.39, 0.29) is 17.2 Å². The van der Waals surface area contributed by atoms with E-state index in [9.17, 15) is 4.39 Å². The Morgan fingerprint density at radius 2 is 1.79 bits per heavy atom. The summed E-state index contributed by atoms with van der Waals surface area (Å²) in [6, 6.07) is 2.67. The van der Waals surface area contributed by atoms with Crippen molar-refractivity contribution in [1.82, 2.24) is 14.9 Å². The molecule has 2 aromatic rings. The topological polar surface area (TPSA) is 65.9 Å². The molecule has 172 valence electrons. The Morgan fingerprint density at radius 1 is 1.00 bits per heavy atom. The number of hydrogen-bond donors (Lipinski definition) is 1. The fourth-order valence-corrected chi connectivity index (χ4v) is 4.17. The summed E-state index contributed by atoms with van der Waals surface area (Å²) in [7, 11) is 2.07. The Labute approximate surface area is 191 Å². The fraction of sp³-hybridized carbons (Fsp3) is 0.375. The summed E-state index contributed by atoms with van der Waals surface area (Å²) in [6.45, 7) is 7.76. The molecular weight excluding hydrogens is 426 g/mol. The van der Waals surface area contributed by atoms with E-state index in [1.165, 1.54) is 0 Å². The van der Waals surface area contributed by atoms with Gasteiger partial charge in [-0.15, -0.1) is 0 Å². The van der Waals surface area contributed by atoms with Gasteiger partial charge in [0.25, 0.3) is 0 Å². The first kappa shape index (κ1) is 21.5. The monoisotopic (exact) mass is 452 g/mol. The van der Waals surface area contributed by atoms with Crippen molar-refractivity contribution in [3.8, 4) is 11.6 Å². The van der Waals surface area contributed by atoms with E-state index < -0.39 is 11.6 Å². The molecule has 1 saturated heterocycles. The van der Waals surface area contributed by atoms with Crippen LogP contribution in [-0.4, -0.2) is 60.5 Å². The predicted molar refractivity (Wildman–Crippen MR) is 125 cm³/mol. The number of halogens is 2. The molecular formula is C24H26F2N6O. The van der Waals surface area contributed by atoms with Crippen LogP contribution in [0.4, 0.5) is 20.5 Å². The van der Waals surface area contributed by atoms with Crippen LogP contribution >= 0.6 is 0 Å². The minimum Gasteiger partial charge on any atom is -0.436 e. The SMILES string of the molecule is CC1=CC(Nc2cc(Oc3cc(F)c4c(c3F)C=C(C)C4)nc(N3CCN(C)CC3)n2)=NC1. The zero-order chi connectivity index (χ0) is 23.1. The zero-order valence-corrected chi connectivity index (χ0v) is 19.0. The maximum Gasteiger partial charge on any atom is 0.230 e. The van der Waals surface area contributed by atoms with Crippen LogP contribution in [-0.2, 0) is 6.42 Å². The molecule has 0 bridgehead atoms. The molecule has 1 fully saturated rings. The van der Waals surface area contributed by atoms with E-state index >= 15 is 4.39 Å². The molecule has 33 heavy (non-hydrogen) atoms. The standard InChI is InChI=1S/C24H26F2N6O/c1-14-8-16-17(9-14)23(26)19(11-18(16)25)33-22-12-21(28-20-10-15(2)13-27-20)29-24(30-22)32-6-4-31(3)5-7-32/h9-12H,4-8,13H2,1-3H3,(H,27,28,29,30). The molecule has 3 heterocycles. The van der Waals surface area contributed by atoms with Gasteiger partial charge in [-0.3, -0.25) is 4.99 Å². The Morgan fingerprint density at radius 3 is 2.52 bits per heavy atom. The number of nitrogens with zero attached hydrogens (tertiary/aromatic N) is 5. The molecule has 1 aromatic carbocycles. The number of aliphatic imine (C=N–C) groups is 1. The van der Waals surface area contributed by atoms with Gasteiger partial charge in [-0.1, -0.05) is 11.6 Å². The summed E-state index contributed by atoms with van der Waals surface area (Å²) < 4.78 is 35.6. The molecule has 5 rings (SSSR count). The lowest BCUT2D eigenvalue weighted by molar-refractivity contribution is 0.310. The third-order valence-electron chi connectivity index (χ3n) is 6.00. The van der Waals surface area contributed by atoms with E-state index in [4.69, 9.17) is 4.74 Å². The minimum absolute atomic E-state index is 0.137. The van der Waals surface area contributed by atoms with Crippen molar-refractivity contribution in [1.29, 1.82) is 0 Å². The number of aromatic nitrogens is 2. The van der Waals surface area contributed by atoms with Gasteiger partial charge in [-0.2, -0.15) is 9.97 Å². The number of fused-ring (bicyclic) bond motifs is 1.